The third kappa shape index (κ3) is 6.89. The molecule has 3 aliphatic carbocycles. The van der Waals surface area contributed by atoms with Gasteiger partial charge >= 0.3 is 0 Å². The molecule has 0 bridgehead atoms. The standard InChI is InChI=1S/C76H54N2/c1-75(2)67-37-21-18-34-59(67)64-46-58(44-45-68(64)75)78(57-32-16-7-17-33-57)74-50-72-65(47-62(74)53-26-10-4-11-27-53)60-35-19-22-38-69(60)76(72)70-39-23-20-36-61(70)66-48-63(54-42-40-52(41-43-54)51-24-8-3-9-25-51)73(49-71(66)76)77(55-28-12-5-13-29-55)56-30-14-6-15-31-56/h3-50H,1-2H3. The SMILES string of the molecule is CC1(C)c2ccccc2-c2cc(N(c3ccccc3)c3cc4c(cc3-c3ccccc3)-c3ccccc3C43c4ccccc4-c4cc(-c5ccc(-c6ccccc6)cc5)c(N(c5ccccc5)c5ccccc5)cc43)ccc21. The molecule has 78 heavy (non-hydrogen) atoms. The van der Waals surface area contributed by atoms with Gasteiger partial charge in [0.25, 0.3) is 0 Å². The number of hydrogen-bond donors (Lipinski definition) is 0. The zero-order valence-corrected chi connectivity index (χ0v) is 43.6. The summed E-state index contributed by atoms with van der Waals surface area (Å²) < 4.78 is 0. The van der Waals surface area contributed by atoms with Crippen molar-refractivity contribution >= 4 is 34.1 Å². The van der Waals surface area contributed by atoms with Gasteiger partial charge in [-0.15, -0.1) is 0 Å². The van der Waals surface area contributed by atoms with Gasteiger partial charge < -0.3 is 9.80 Å². The van der Waals surface area contributed by atoms with Gasteiger partial charge in [0.05, 0.1) is 16.8 Å². The highest BCUT2D eigenvalue weighted by molar-refractivity contribution is 6.03. The Hall–Kier alpha value is -9.76. The molecule has 0 radical (unpaired) electrons. The summed E-state index contributed by atoms with van der Waals surface area (Å²) in [5.41, 5.74) is 28.4. The van der Waals surface area contributed by atoms with Crippen molar-refractivity contribution in [3.63, 3.8) is 0 Å². The van der Waals surface area contributed by atoms with Crippen molar-refractivity contribution in [1.82, 2.24) is 0 Å². The molecular formula is C76H54N2. The third-order valence-electron chi connectivity index (χ3n) is 17.1. The molecule has 1 spiro atoms. The lowest BCUT2D eigenvalue weighted by atomic mass is 9.70. The molecule has 0 heterocycles. The van der Waals surface area contributed by atoms with Gasteiger partial charge in [-0.25, -0.2) is 0 Å². The molecule has 15 rings (SSSR count). The average Bonchev–Trinajstić information content (AvgIpc) is 2.75. The summed E-state index contributed by atoms with van der Waals surface area (Å²) in [6, 6.07) is 108. The predicted molar refractivity (Wildman–Crippen MR) is 326 cm³/mol. The Kier molecular flexibility index (Phi) is 10.5. The fraction of sp³-hybridized carbons (Fsp3) is 0.0526. The van der Waals surface area contributed by atoms with Gasteiger partial charge in [0.2, 0.25) is 0 Å². The molecule has 0 amide bonds. The molecular weight excluding hydrogens is 941 g/mol. The lowest BCUT2D eigenvalue weighted by Crippen LogP contribution is -2.27. The fourth-order valence-electron chi connectivity index (χ4n) is 13.6. The van der Waals surface area contributed by atoms with Gasteiger partial charge in [0, 0.05) is 39.3 Å². The second kappa shape index (κ2) is 17.9. The van der Waals surface area contributed by atoms with Crippen LogP contribution in [-0.2, 0) is 10.8 Å². The molecule has 0 saturated carbocycles. The minimum atomic E-state index is -0.686. The first-order valence-electron chi connectivity index (χ1n) is 27.2. The van der Waals surface area contributed by atoms with Gasteiger partial charge in [0.1, 0.15) is 0 Å². The van der Waals surface area contributed by atoms with Crippen LogP contribution in [0.5, 0.6) is 0 Å². The fourth-order valence-corrected chi connectivity index (χ4v) is 13.6. The Balaban J connectivity index is 1.04. The van der Waals surface area contributed by atoms with Crippen LogP contribution in [-0.4, -0.2) is 0 Å². The van der Waals surface area contributed by atoms with Crippen molar-refractivity contribution in [2.75, 3.05) is 9.80 Å². The molecule has 2 heteroatoms. The van der Waals surface area contributed by atoms with E-state index in [1.54, 1.807) is 0 Å². The quantitative estimate of drug-likeness (QED) is 0.142. The van der Waals surface area contributed by atoms with Crippen LogP contribution in [0.1, 0.15) is 47.2 Å². The minimum Gasteiger partial charge on any atom is -0.310 e. The summed E-state index contributed by atoms with van der Waals surface area (Å²) in [6.45, 7) is 4.73. The average molecular weight is 995 g/mol. The largest absolute Gasteiger partial charge is 0.310 e. The van der Waals surface area contributed by atoms with E-state index in [0.29, 0.717) is 0 Å². The molecule has 0 aromatic heterocycles. The summed E-state index contributed by atoms with van der Waals surface area (Å²) in [5.74, 6) is 0. The third-order valence-corrected chi connectivity index (χ3v) is 17.1. The van der Waals surface area contributed by atoms with Crippen LogP contribution in [0.15, 0.2) is 291 Å². The molecule has 0 N–H and O–H groups in total. The number of nitrogens with zero attached hydrogens (tertiary/aromatic N) is 2. The van der Waals surface area contributed by atoms with Gasteiger partial charge in [-0.05, 0) is 162 Å². The number of rotatable bonds is 9. The Morgan fingerprint density at radius 2 is 0.551 bits per heavy atom. The van der Waals surface area contributed by atoms with Crippen LogP contribution in [0, 0.1) is 0 Å². The van der Waals surface area contributed by atoms with Crippen molar-refractivity contribution in [3.8, 4) is 66.8 Å². The van der Waals surface area contributed by atoms with E-state index in [9.17, 15) is 0 Å². The van der Waals surface area contributed by atoms with Crippen LogP contribution in [0.3, 0.4) is 0 Å². The molecule has 1 unspecified atom stereocenters. The molecule has 12 aromatic rings. The van der Waals surface area contributed by atoms with Crippen molar-refractivity contribution in [2.45, 2.75) is 24.7 Å². The summed E-state index contributed by atoms with van der Waals surface area (Å²) in [6.07, 6.45) is 0. The highest BCUT2D eigenvalue weighted by Crippen LogP contribution is 2.66. The second-order valence-electron chi connectivity index (χ2n) is 21.6. The van der Waals surface area contributed by atoms with Crippen molar-refractivity contribution in [2.24, 2.45) is 0 Å². The Bertz CT molecular complexity index is 4220. The Labute approximate surface area is 457 Å². The smallest absolute Gasteiger partial charge is 0.0727 e. The summed E-state index contributed by atoms with van der Waals surface area (Å²) in [7, 11) is 0. The molecule has 12 aromatic carbocycles. The van der Waals surface area contributed by atoms with Crippen LogP contribution in [0.25, 0.3) is 66.8 Å². The lowest BCUT2D eigenvalue weighted by Gasteiger charge is -2.35. The van der Waals surface area contributed by atoms with E-state index in [-0.39, 0.29) is 5.41 Å². The highest BCUT2D eigenvalue weighted by Gasteiger charge is 2.53. The zero-order valence-electron chi connectivity index (χ0n) is 43.6. The molecule has 368 valence electrons. The first kappa shape index (κ1) is 45.6. The van der Waals surface area contributed by atoms with Gasteiger partial charge in [0.15, 0.2) is 0 Å². The first-order chi connectivity index (χ1) is 38.5. The van der Waals surface area contributed by atoms with E-state index in [1.807, 2.05) is 0 Å². The minimum absolute atomic E-state index is 0.118. The summed E-state index contributed by atoms with van der Waals surface area (Å²) in [4.78, 5) is 4.99. The monoisotopic (exact) mass is 994 g/mol. The maximum absolute atomic E-state index is 2.57. The zero-order chi connectivity index (χ0) is 52.0. The molecule has 0 saturated heterocycles. The summed E-state index contributed by atoms with van der Waals surface area (Å²) >= 11 is 0. The van der Waals surface area contributed by atoms with E-state index in [4.69, 9.17) is 0 Å². The number of fused-ring (bicyclic) bond motifs is 13. The van der Waals surface area contributed by atoms with Gasteiger partial charge in [-0.2, -0.15) is 0 Å². The molecule has 3 aliphatic rings. The number of anilines is 6. The van der Waals surface area contributed by atoms with E-state index in [2.05, 4.69) is 315 Å². The van der Waals surface area contributed by atoms with E-state index < -0.39 is 5.41 Å². The molecule has 1 atom stereocenters. The summed E-state index contributed by atoms with van der Waals surface area (Å²) in [5, 5.41) is 0. The first-order valence-corrected chi connectivity index (χ1v) is 27.2. The second-order valence-corrected chi connectivity index (χ2v) is 21.6. The topological polar surface area (TPSA) is 6.48 Å². The van der Waals surface area contributed by atoms with Crippen molar-refractivity contribution in [3.05, 3.63) is 325 Å². The number of benzene rings is 12. The van der Waals surface area contributed by atoms with Crippen LogP contribution < -0.4 is 9.80 Å². The molecule has 2 nitrogen and oxygen atoms in total. The van der Waals surface area contributed by atoms with Crippen LogP contribution in [0.2, 0.25) is 0 Å². The van der Waals surface area contributed by atoms with Crippen molar-refractivity contribution in [1.29, 1.82) is 0 Å². The van der Waals surface area contributed by atoms with Gasteiger partial charge in [-0.3, -0.25) is 0 Å². The van der Waals surface area contributed by atoms with E-state index in [0.717, 1.165) is 45.3 Å². The maximum Gasteiger partial charge on any atom is 0.0727 e. The normalized spacial score (nSPS) is 14.7. The Morgan fingerprint density at radius 3 is 1.04 bits per heavy atom. The lowest BCUT2D eigenvalue weighted by molar-refractivity contribution is 0.660. The predicted octanol–water partition coefficient (Wildman–Crippen LogP) is 20.3. The highest BCUT2D eigenvalue weighted by atomic mass is 15.2. The maximum atomic E-state index is 2.57. The van der Waals surface area contributed by atoms with Gasteiger partial charge in [-0.1, -0.05) is 232 Å². The van der Waals surface area contributed by atoms with Crippen LogP contribution in [0.4, 0.5) is 34.1 Å². The number of hydrogen-bond acceptors (Lipinski definition) is 2. The van der Waals surface area contributed by atoms with E-state index in [1.165, 1.54) is 89.0 Å². The van der Waals surface area contributed by atoms with Crippen molar-refractivity contribution < 1.29 is 0 Å². The van der Waals surface area contributed by atoms with Crippen LogP contribution >= 0.6 is 0 Å². The molecule has 0 fully saturated rings. The Morgan fingerprint density at radius 1 is 0.218 bits per heavy atom. The molecule has 0 aliphatic heterocycles. The number of para-hydroxylation sites is 3. The van der Waals surface area contributed by atoms with E-state index >= 15 is 0 Å².